The van der Waals surface area contributed by atoms with E-state index in [0.717, 1.165) is 17.8 Å². The summed E-state index contributed by atoms with van der Waals surface area (Å²) in [6.45, 7) is -0.743. The topological polar surface area (TPSA) is 81.4 Å². The number of hydrogen-bond acceptors (Lipinski definition) is 6. The number of nitrogens with zero attached hydrogens (tertiary/aromatic N) is 1. The summed E-state index contributed by atoms with van der Waals surface area (Å²) in [5, 5.41) is 2.19. The fraction of sp³-hybridized carbons (Fsp3) is 0.167. The second kappa shape index (κ2) is 8.75. The van der Waals surface area contributed by atoms with Gasteiger partial charge >= 0.3 is 12.1 Å². The van der Waals surface area contributed by atoms with Crippen LogP contribution in [0.1, 0.15) is 5.56 Å². The number of carbonyl (C=O) groups excluding carboxylic acids is 2. The Hall–Kier alpha value is -2.72. The second-order valence-electron chi connectivity index (χ2n) is 5.63. The summed E-state index contributed by atoms with van der Waals surface area (Å²) in [5.41, 5.74) is -0.391. The molecule has 152 valence electrons. The van der Waals surface area contributed by atoms with Crippen LogP contribution in [0.15, 0.2) is 52.1 Å². The van der Waals surface area contributed by atoms with Crippen LogP contribution < -0.4 is 5.32 Å². The number of oxazole rings is 1. The minimum atomic E-state index is -4.71. The lowest BCUT2D eigenvalue weighted by Gasteiger charge is -2.14. The fourth-order valence-corrected chi connectivity index (χ4v) is 3.08. The number of benzene rings is 2. The third-order valence-corrected chi connectivity index (χ3v) is 4.55. The molecule has 6 nitrogen and oxygen atoms in total. The van der Waals surface area contributed by atoms with E-state index in [4.69, 9.17) is 20.8 Å². The SMILES string of the molecule is O=C(COC(=O)CSc1nc2ccccc2o1)Nc1ccc(Cl)cc1C(F)(F)F. The smallest absolute Gasteiger partial charge is 0.418 e. The first-order chi connectivity index (χ1) is 13.7. The van der Waals surface area contributed by atoms with Gasteiger partial charge in [-0.2, -0.15) is 13.2 Å². The van der Waals surface area contributed by atoms with Gasteiger partial charge in [0.15, 0.2) is 12.2 Å². The van der Waals surface area contributed by atoms with Crippen LogP contribution in [0, 0.1) is 0 Å². The number of para-hydroxylation sites is 2. The van der Waals surface area contributed by atoms with Gasteiger partial charge in [0.05, 0.1) is 11.3 Å². The first kappa shape index (κ1) is 21.0. The van der Waals surface area contributed by atoms with Crippen molar-refractivity contribution in [1.29, 1.82) is 0 Å². The lowest BCUT2D eigenvalue weighted by Crippen LogP contribution is -2.23. The van der Waals surface area contributed by atoms with E-state index in [-0.39, 0.29) is 16.0 Å². The Morgan fingerprint density at radius 3 is 2.69 bits per heavy atom. The molecule has 0 aliphatic heterocycles. The molecule has 29 heavy (non-hydrogen) atoms. The van der Waals surface area contributed by atoms with Crippen LogP contribution in [0.5, 0.6) is 0 Å². The van der Waals surface area contributed by atoms with Crippen LogP contribution in [0.25, 0.3) is 11.1 Å². The van der Waals surface area contributed by atoms with Crippen LogP contribution in [0.4, 0.5) is 18.9 Å². The van der Waals surface area contributed by atoms with Crippen molar-refractivity contribution < 1.29 is 31.9 Å². The average molecular weight is 445 g/mol. The van der Waals surface area contributed by atoms with Crippen molar-refractivity contribution in [2.75, 3.05) is 17.7 Å². The fourth-order valence-electron chi connectivity index (χ4n) is 2.27. The van der Waals surface area contributed by atoms with Crippen LogP contribution >= 0.6 is 23.4 Å². The number of fused-ring (bicyclic) bond motifs is 1. The predicted octanol–water partition coefficient (Wildman–Crippen LogP) is 4.77. The zero-order valence-corrected chi connectivity index (χ0v) is 16.0. The van der Waals surface area contributed by atoms with Crippen molar-refractivity contribution in [2.45, 2.75) is 11.4 Å². The molecule has 3 aromatic rings. The maximum atomic E-state index is 13.0. The van der Waals surface area contributed by atoms with Crippen molar-refractivity contribution in [3.05, 3.63) is 53.1 Å². The van der Waals surface area contributed by atoms with E-state index in [2.05, 4.69) is 10.3 Å². The van der Waals surface area contributed by atoms with Gasteiger partial charge in [-0.15, -0.1) is 0 Å². The molecular weight excluding hydrogens is 433 g/mol. The van der Waals surface area contributed by atoms with Crippen molar-refractivity contribution in [1.82, 2.24) is 4.98 Å². The molecular formula is C18H12ClF3N2O4S. The van der Waals surface area contributed by atoms with Gasteiger partial charge in [-0.1, -0.05) is 35.5 Å². The van der Waals surface area contributed by atoms with Crippen LogP contribution in [-0.2, 0) is 20.5 Å². The Morgan fingerprint density at radius 1 is 1.21 bits per heavy atom. The molecule has 1 heterocycles. The minimum Gasteiger partial charge on any atom is -0.455 e. The number of anilines is 1. The van der Waals surface area contributed by atoms with E-state index in [1.165, 1.54) is 6.07 Å². The monoisotopic (exact) mass is 444 g/mol. The molecule has 0 fully saturated rings. The molecule has 3 rings (SSSR count). The molecule has 1 amide bonds. The zero-order chi connectivity index (χ0) is 21.0. The lowest BCUT2D eigenvalue weighted by atomic mass is 10.1. The molecule has 0 unspecified atom stereocenters. The number of hydrogen-bond donors (Lipinski definition) is 1. The molecule has 1 N–H and O–H groups in total. The first-order valence-corrected chi connectivity index (χ1v) is 9.39. The molecule has 0 radical (unpaired) electrons. The van der Waals surface area contributed by atoms with E-state index < -0.39 is 35.9 Å². The molecule has 0 aliphatic rings. The average Bonchev–Trinajstić information content (AvgIpc) is 3.08. The van der Waals surface area contributed by atoms with Crippen molar-refractivity contribution in [3.8, 4) is 0 Å². The molecule has 0 atom stereocenters. The quantitative estimate of drug-likeness (QED) is 0.435. The van der Waals surface area contributed by atoms with Crippen LogP contribution in [0.2, 0.25) is 5.02 Å². The lowest BCUT2D eigenvalue weighted by molar-refractivity contribution is -0.144. The van der Waals surface area contributed by atoms with Gasteiger partial charge in [0.2, 0.25) is 0 Å². The maximum Gasteiger partial charge on any atom is 0.418 e. The Bertz CT molecular complexity index is 1020. The number of halogens is 4. The van der Waals surface area contributed by atoms with Gasteiger partial charge in [0.25, 0.3) is 11.1 Å². The van der Waals surface area contributed by atoms with Crippen LogP contribution in [-0.4, -0.2) is 29.2 Å². The zero-order valence-electron chi connectivity index (χ0n) is 14.5. The molecule has 0 spiro atoms. The number of alkyl halides is 3. The van der Waals surface area contributed by atoms with Gasteiger partial charge in [-0.3, -0.25) is 9.59 Å². The van der Waals surface area contributed by atoms with Gasteiger partial charge in [0, 0.05) is 5.02 Å². The van der Waals surface area contributed by atoms with E-state index >= 15 is 0 Å². The molecule has 0 bridgehead atoms. The molecule has 2 aromatic carbocycles. The Balaban J connectivity index is 1.51. The highest BCUT2D eigenvalue weighted by Crippen LogP contribution is 2.36. The normalized spacial score (nSPS) is 11.4. The summed E-state index contributed by atoms with van der Waals surface area (Å²) >= 11 is 6.55. The van der Waals surface area contributed by atoms with Gasteiger partial charge in [0.1, 0.15) is 11.3 Å². The summed E-state index contributed by atoms with van der Waals surface area (Å²) in [5.74, 6) is -1.85. The summed E-state index contributed by atoms with van der Waals surface area (Å²) in [7, 11) is 0. The Morgan fingerprint density at radius 2 is 1.97 bits per heavy atom. The van der Waals surface area contributed by atoms with E-state index in [1.807, 2.05) is 0 Å². The predicted molar refractivity (Wildman–Crippen MR) is 101 cm³/mol. The number of carbonyl (C=O) groups is 2. The molecule has 0 saturated heterocycles. The minimum absolute atomic E-state index is 0.127. The van der Waals surface area contributed by atoms with Crippen molar-refractivity contribution in [3.63, 3.8) is 0 Å². The van der Waals surface area contributed by atoms with Gasteiger partial charge in [-0.05, 0) is 30.3 Å². The van der Waals surface area contributed by atoms with Gasteiger partial charge in [-0.25, -0.2) is 4.98 Å². The number of amides is 1. The number of rotatable bonds is 6. The largest absolute Gasteiger partial charge is 0.455 e. The summed E-state index contributed by atoms with van der Waals surface area (Å²) in [4.78, 5) is 27.8. The second-order valence-corrected chi connectivity index (χ2v) is 7.00. The number of ether oxygens (including phenoxy) is 1. The summed E-state index contributed by atoms with van der Waals surface area (Å²) in [6.07, 6.45) is -4.71. The first-order valence-electron chi connectivity index (χ1n) is 8.03. The molecule has 0 aliphatic carbocycles. The third-order valence-electron chi connectivity index (χ3n) is 3.51. The highest BCUT2D eigenvalue weighted by atomic mass is 35.5. The van der Waals surface area contributed by atoms with Crippen molar-refractivity contribution in [2.24, 2.45) is 0 Å². The number of esters is 1. The maximum absolute atomic E-state index is 13.0. The Kier molecular flexibility index (Phi) is 6.33. The number of thioether (sulfide) groups is 1. The van der Waals surface area contributed by atoms with E-state index in [1.54, 1.807) is 24.3 Å². The van der Waals surface area contributed by atoms with Crippen molar-refractivity contribution >= 4 is 52.0 Å². The highest BCUT2D eigenvalue weighted by Gasteiger charge is 2.34. The number of aromatic nitrogens is 1. The molecule has 11 heteroatoms. The van der Waals surface area contributed by atoms with Gasteiger partial charge < -0.3 is 14.5 Å². The van der Waals surface area contributed by atoms with E-state index in [0.29, 0.717) is 17.2 Å². The van der Waals surface area contributed by atoms with E-state index in [9.17, 15) is 22.8 Å². The summed E-state index contributed by atoms with van der Waals surface area (Å²) < 4.78 is 49.3. The van der Waals surface area contributed by atoms with Crippen LogP contribution in [0.3, 0.4) is 0 Å². The molecule has 1 aromatic heterocycles. The standard InChI is InChI=1S/C18H12ClF3N2O4S/c19-10-5-6-12(11(7-10)18(20,21)22)23-15(25)8-27-16(26)9-29-17-24-13-3-1-2-4-14(13)28-17/h1-7H,8-9H2,(H,23,25). The number of nitrogens with one attached hydrogen (secondary N) is 1. The Labute approximate surface area is 171 Å². The highest BCUT2D eigenvalue weighted by molar-refractivity contribution is 7.99. The molecule has 0 saturated carbocycles. The third kappa shape index (κ3) is 5.64. The summed E-state index contributed by atoms with van der Waals surface area (Å²) in [6, 6.07) is 9.96.